The highest BCUT2D eigenvalue weighted by Crippen LogP contribution is 2.22. The van der Waals surface area contributed by atoms with Gasteiger partial charge in [0, 0.05) is 26.2 Å². The molecule has 1 fully saturated rings. The van der Waals surface area contributed by atoms with E-state index in [1.807, 2.05) is 26.8 Å². The zero-order chi connectivity index (χ0) is 17.7. The van der Waals surface area contributed by atoms with E-state index in [-0.39, 0.29) is 18.0 Å². The highest BCUT2D eigenvalue weighted by atomic mass is 16.6. The lowest BCUT2D eigenvalue weighted by Gasteiger charge is -2.40. The number of nitrogens with zero attached hydrogens (tertiary/aromatic N) is 2. The van der Waals surface area contributed by atoms with Gasteiger partial charge in [-0.25, -0.2) is 4.79 Å². The van der Waals surface area contributed by atoms with Crippen molar-refractivity contribution < 1.29 is 19.1 Å². The standard InChI is InChI=1S/C17H25N3O4/c1-12(21)19-9-13-7-15(10-18-8-13)23-11-14-5-6-20(14)16(22)24-17(2,3)4/h7-8,10,14H,5-6,9,11H2,1-4H3,(H,19,21)/t14-/m0/s1. The van der Waals surface area contributed by atoms with Crippen LogP contribution in [-0.4, -0.2) is 46.7 Å². The Morgan fingerprint density at radius 3 is 2.71 bits per heavy atom. The van der Waals surface area contributed by atoms with Crippen LogP contribution in [0.2, 0.25) is 0 Å². The maximum atomic E-state index is 12.1. The first kappa shape index (κ1) is 18.0. The molecule has 1 aromatic heterocycles. The Labute approximate surface area is 142 Å². The smallest absolute Gasteiger partial charge is 0.410 e. The highest BCUT2D eigenvalue weighted by molar-refractivity contribution is 5.72. The number of rotatable bonds is 5. The number of hydrogen-bond acceptors (Lipinski definition) is 5. The summed E-state index contributed by atoms with van der Waals surface area (Å²) in [5.74, 6) is 0.526. The maximum absolute atomic E-state index is 12.1. The van der Waals surface area contributed by atoms with Crippen molar-refractivity contribution >= 4 is 12.0 Å². The third-order valence-corrected chi connectivity index (χ3v) is 3.53. The SMILES string of the molecule is CC(=O)NCc1cncc(OC[C@@H]2CCN2C(=O)OC(C)(C)C)c1. The zero-order valence-electron chi connectivity index (χ0n) is 14.7. The van der Waals surface area contributed by atoms with Crippen molar-refractivity contribution in [3.05, 3.63) is 24.0 Å². The number of hydrogen-bond donors (Lipinski definition) is 1. The van der Waals surface area contributed by atoms with Gasteiger partial charge in [-0.15, -0.1) is 0 Å². The lowest BCUT2D eigenvalue weighted by Crippen LogP contribution is -2.55. The molecule has 1 saturated heterocycles. The average molecular weight is 335 g/mol. The van der Waals surface area contributed by atoms with Crippen molar-refractivity contribution in [3.63, 3.8) is 0 Å². The summed E-state index contributed by atoms with van der Waals surface area (Å²) >= 11 is 0. The number of aromatic nitrogens is 1. The van der Waals surface area contributed by atoms with E-state index in [9.17, 15) is 9.59 Å². The summed E-state index contributed by atoms with van der Waals surface area (Å²) in [6.45, 7) is 8.50. The van der Waals surface area contributed by atoms with Crippen LogP contribution < -0.4 is 10.1 Å². The quantitative estimate of drug-likeness (QED) is 0.891. The minimum Gasteiger partial charge on any atom is -0.490 e. The number of ether oxygens (including phenoxy) is 2. The minimum atomic E-state index is -0.500. The number of carbonyl (C=O) groups is 2. The van der Waals surface area contributed by atoms with Crippen LogP contribution in [0.25, 0.3) is 0 Å². The van der Waals surface area contributed by atoms with Gasteiger partial charge in [-0.3, -0.25) is 9.78 Å². The molecule has 7 nitrogen and oxygen atoms in total. The van der Waals surface area contributed by atoms with Crippen LogP contribution in [0.15, 0.2) is 18.5 Å². The molecule has 2 amide bonds. The number of likely N-dealkylation sites (tertiary alicyclic amines) is 1. The monoisotopic (exact) mass is 335 g/mol. The second kappa shape index (κ2) is 7.51. The molecule has 7 heteroatoms. The van der Waals surface area contributed by atoms with Gasteiger partial charge in [0.05, 0.1) is 12.2 Å². The van der Waals surface area contributed by atoms with Crippen LogP contribution in [0.3, 0.4) is 0 Å². The molecule has 1 atom stereocenters. The fourth-order valence-corrected chi connectivity index (χ4v) is 2.23. The van der Waals surface area contributed by atoms with Gasteiger partial charge in [0.2, 0.25) is 5.91 Å². The van der Waals surface area contributed by atoms with Crippen molar-refractivity contribution in [2.45, 2.75) is 52.3 Å². The van der Waals surface area contributed by atoms with E-state index in [1.54, 1.807) is 17.3 Å². The number of nitrogens with one attached hydrogen (secondary N) is 1. The zero-order valence-corrected chi connectivity index (χ0v) is 14.7. The van der Waals surface area contributed by atoms with Gasteiger partial charge in [-0.2, -0.15) is 0 Å². The van der Waals surface area contributed by atoms with Crippen LogP contribution >= 0.6 is 0 Å². The highest BCUT2D eigenvalue weighted by Gasteiger charge is 2.35. The van der Waals surface area contributed by atoms with Crippen LogP contribution in [0.5, 0.6) is 5.75 Å². The fourth-order valence-electron chi connectivity index (χ4n) is 2.23. The van der Waals surface area contributed by atoms with Gasteiger partial charge in [-0.05, 0) is 38.8 Å². The lowest BCUT2D eigenvalue weighted by atomic mass is 10.1. The Morgan fingerprint density at radius 1 is 1.38 bits per heavy atom. The van der Waals surface area contributed by atoms with Crippen molar-refractivity contribution in [2.24, 2.45) is 0 Å². The van der Waals surface area contributed by atoms with E-state index >= 15 is 0 Å². The molecule has 0 aliphatic carbocycles. The Bertz CT molecular complexity index is 598. The van der Waals surface area contributed by atoms with E-state index in [0.717, 1.165) is 12.0 Å². The van der Waals surface area contributed by atoms with Gasteiger partial charge in [0.15, 0.2) is 0 Å². The molecule has 1 aromatic rings. The summed E-state index contributed by atoms with van der Waals surface area (Å²) < 4.78 is 11.1. The molecule has 0 unspecified atom stereocenters. The first-order chi connectivity index (χ1) is 11.2. The molecule has 1 aliphatic rings. The summed E-state index contributed by atoms with van der Waals surface area (Å²) in [4.78, 5) is 28.8. The Hall–Kier alpha value is -2.31. The second-order valence-electron chi connectivity index (χ2n) is 6.87. The molecule has 0 bridgehead atoms. The maximum Gasteiger partial charge on any atom is 0.410 e. The molecule has 0 aromatic carbocycles. The van der Waals surface area contributed by atoms with Crippen molar-refractivity contribution in [3.8, 4) is 5.75 Å². The van der Waals surface area contributed by atoms with Crippen molar-refractivity contribution in [1.82, 2.24) is 15.2 Å². The summed E-state index contributed by atoms with van der Waals surface area (Å²) in [5, 5.41) is 2.72. The summed E-state index contributed by atoms with van der Waals surface area (Å²) in [7, 11) is 0. The van der Waals surface area contributed by atoms with Crippen LogP contribution in [-0.2, 0) is 16.1 Å². The predicted molar refractivity (Wildman–Crippen MR) is 88.6 cm³/mol. The van der Waals surface area contributed by atoms with Gasteiger partial charge < -0.3 is 19.7 Å². The first-order valence-electron chi connectivity index (χ1n) is 8.05. The lowest BCUT2D eigenvalue weighted by molar-refractivity contribution is -0.119. The summed E-state index contributed by atoms with van der Waals surface area (Å²) in [5.41, 5.74) is 0.361. The molecule has 132 valence electrons. The molecule has 2 rings (SSSR count). The Kier molecular flexibility index (Phi) is 5.64. The van der Waals surface area contributed by atoms with Gasteiger partial charge in [-0.1, -0.05) is 0 Å². The second-order valence-corrected chi connectivity index (χ2v) is 6.87. The van der Waals surface area contributed by atoms with Gasteiger partial charge >= 0.3 is 6.09 Å². The van der Waals surface area contributed by atoms with E-state index in [1.165, 1.54) is 6.92 Å². The molecule has 0 saturated carbocycles. The average Bonchev–Trinajstić information content (AvgIpc) is 2.42. The van der Waals surface area contributed by atoms with Crippen molar-refractivity contribution in [1.29, 1.82) is 0 Å². The van der Waals surface area contributed by atoms with Crippen LogP contribution in [0.1, 0.15) is 39.7 Å². The first-order valence-corrected chi connectivity index (χ1v) is 8.05. The summed E-state index contributed by atoms with van der Waals surface area (Å²) in [6, 6.07) is 1.85. The number of amides is 2. The predicted octanol–water partition coefficient (Wildman–Crippen LogP) is 2.11. The third kappa shape index (κ3) is 5.40. The fraction of sp³-hybridized carbons (Fsp3) is 0.588. The Balaban J connectivity index is 1.84. The molecule has 2 heterocycles. The molecule has 1 N–H and O–H groups in total. The van der Waals surface area contributed by atoms with Gasteiger partial charge in [0.25, 0.3) is 0 Å². The van der Waals surface area contributed by atoms with E-state index in [2.05, 4.69) is 10.3 Å². The van der Waals surface area contributed by atoms with Crippen LogP contribution in [0.4, 0.5) is 4.79 Å². The molecule has 0 spiro atoms. The Morgan fingerprint density at radius 2 is 2.12 bits per heavy atom. The number of carbonyl (C=O) groups excluding carboxylic acids is 2. The molecular weight excluding hydrogens is 310 g/mol. The van der Waals surface area contributed by atoms with E-state index in [4.69, 9.17) is 9.47 Å². The van der Waals surface area contributed by atoms with Crippen LogP contribution in [0, 0.1) is 0 Å². The van der Waals surface area contributed by atoms with E-state index < -0.39 is 5.60 Å². The molecular formula is C17H25N3O4. The number of pyridine rings is 1. The minimum absolute atomic E-state index is 0.0128. The molecule has 1 aliphatic heterocycles. The normalized spacial score (nSPS) is 17.0. The van der Waals surface area contributed by atoms with E-state index in [0.29, 0.717) is 25.4 Å². The van der Waals surface area contributed by atoms with Gasteiger partial charge in [0.1, 0.15) is 18.0 Å². The van der Waals surface area contributed by atoms with Crippen molar-refractivity contribution in [2.75, 3.05) is 13.2 Å². The molecule has 0 radical (unpaired) electrons. The largest absolute Gasteiger partial charge is 0.490 e. The third-order valence-electron chi connectivity index (χ3n) is 3.53. The molecule has 24 heavy (non-hydrogen) atoms. The topological polar surface area (TPSA) is 80.8 Å². The summed E-state index contributed by atoms with van der Waals surface area (Å²) in [6.07, 6.45) is 3.88.